The minimum atomic E-state index is 0.168. The van der Waals surface area contributed by atoms with E-state index in [9.17, 15) is 0 Å². The lowest BCUT2D eigenvalue weighted by atomic mass is 10.2. The van der Waals surface area contributed by atoms with E-state index in [2.05, 4.69) is 21.2 Å². The van der Waals surface area contributed by atoms with Gasteiger partial charge in [0.15, 0.2) is 5.82 Å². The highest BCUT2D eigenvalue weighted by Crippen LogP contribution is 2.29. The van der Waals surface area contributed by atoms with Crippen LogP contribution in [-0.4, -0.2) is 27.7 Å². The number of nitrogens with one attached hydrogen (secondary N) is 1. The van der Waals surface area contributed by atoms with E-state index >= 15 is 0 Å². The van der Waals surface area contributed by atoms with Crippen molar-refractivity contribution in [3.8, 4) is 29.5 Å². The average molecular weight is 403 g/mol. The number of terminal acetylenes is 1. The van der Waals surface area contributed by atoms with Crippen molar-refractivity contribution >= 4 is 41.6 Å². The lowest BCUT2D eigenvalue weighted by Gasteiger charge is -2.06. The third-order valence-electron chi connectivity index (χ3n) is 3.36. The summed E-state index contributed by atoms with van der Waals surface area (Å²) in [5.74, 6) is 3.52. The molecule has 0 atom stereocenters. The van der Waals surface area contributed by atoms with Crippen molar-refractivity contribution in [2.24, 2.45) is 5.10 Å². The van der Waals surface area contributed by atoms with E-state index in [1.807, 2.05) is 24.3 Å². The minimum Gasteiger partial charge on any atom is -0.480 e. The van der Waals surface area contributed by atoms with Gasteiger partial charge in [-0.15, -0.1) is 6.42 Å². The number of hydrogen-bond acceptors (Lipinski definition) is 4. The Morgan fingerprint density at radius 1 is 1.31 bits per heavy atom. The molecule has 2 aromatic carbocycles. The second-order valence-electron chi connectivity index (χ2n) is 5.06. The van der Waals surface area contributed by atoms with Crippen molar-refractivity contribution in [1.29, 1.82) is 0 Å². The molecule has 0 bridgehead atoms. The van der Waals surface area contributed by atoms with Crippen molar-refractivity contribution in [3.05, 3.63) is 62.8 Å². The van der Waals surface area contributed by atoms with Crippen molar-refractivity contribution in [2.45, 2.75) is 0 Å². The molecule has 3 rings (SSSR count). The summed E-state index contributed by atoms with van der Waals surface area (Å²) in [5.41, 5.74) is 1.40. The molecule has 1 aromatic heterocycles. The number of H-pyrrole nitrogens is 1. The van der Waals surface area contributed by atoms with Crippen molar-refractivity contribution < 1.29 is 4.74 Å². The molecule has 0 unspecified atom stereocenters. The van der Waals surface area contributed by atoms with Gasteiger partial charge in [-0.05, 0) is 42.5 Å². The standard InChI is InChI=1S/C18H12Cl2N4OS/c1-2-9-25-16-6-4-3-5-12(16)11-21-24-17(22-23-18(24)26)14-8-7-13(19)10-15(14)20/h1,3-8,10-11H,9H2,(H,23,26)/b21-11-. The number of benzene rings is 2. The predicted molar refractivity (Wildman–Crippen MR) is 107 cm³/mol. The SMILES string of the molecule is C#CCOc1ccccc1/C=N\n1c(-c2ccc(Cl)cc2Cl)n[nH]c1=S. The first-order chi connectivity index (χ1) is 12.6. The highest BCUT2D eigenvalue weighted by molar-refractivity contribution is 7.71. The van der Waals surface area contributed by atoms with Crippen LogP contribution in [0, 0.1) is 17.1 Å². The van der Waals surface area contributed by atoms with Crippen molar-refractivity contribution in [1.82, 2.24) is 14.9 Å². The van der Waals surface area contributed by atoms with E-state index in [-0.39, 0.29) is 6.61 Å². The van der Waals surface area contributed by atoms with Crippen LogP contribution in [0.2, 0.25) is 10.0 Å². The maximum absolute atomic E-state index is 6.27. The number of aromatic amines is 1. The third-order valence-corrected chi connectivity index (χ3v) is 4.18. The summed E-state index contributed by atoms with van der Waals surface area (Å²) >= 11 is 17.5. The number of nitrogens with zero attached hydrogens (tertiary/aromatic N) is 3. The fourth-order valence-electron chi connectivity index (χ4n) is 2.20. The van der Waals surface area contributed by atoms with Gasteiger partial charge in [0.05, 0.1) is 11.2 Å². The van der Waals surface area contributed by atoms with Crippen LogP contribution in [0.25, 0.3) is 11.4 Å². The Morgan fingerprint density at radius 2 is 2.12 bits per heavy atom. The number of rotatable bonds is 5. The Kier molecular flexibility index (Phi) is 5.74. The predicted octanol–water partition coefficient (Wildman–Crippen LogP) is 4.81. The van der Waals surface area contributed by atoms with Crippen LogP contribution < -0.4 is 4.74 Å². The lowest BCUT2D eigenvalue weighted by molar-refractivity contribution is 0.370. The molecule has 0 radical (unpaired) electrons. The minimum absolute atomic E-state index is 0.168. The zero-order chi connectivity index (χ0) is 18.5. The van der Waals surface area contributed by atoms with Gasteiger partial charge in [-0.3, -0.25) is 0 Å². The molecule has 0 saturated heterocycles. The second-order valence-corrected chi connectivity index (χ2v) is 6.29. The zero-order valence-corrected chi connectivity index (χ0v) is 15.6. The molecule has 3 aromatic rings. The monoisotopic (exact) mass is 402 g/mol. The van der Waals surface area contributed by atoms with E-state index < -0.39 is 0 Å². The topological polar surface area (TPSA) is 55.2 Å². The number of para-hydroxylation sites is 1. The molecule has 8 heteroatoms. The fourth-order valence-corrected chi connectivity index (χ4v) is 2.87. The van der Waals surface area contributed by atoms with Crippen LogP contribution in [0.3, 0.4) is 0 Å². The van der Waals surface area contributed by atoms with E-state index in [1.54, 1.807) is 24.4 Å². The van der Waals surface area contributed by atoms with Gasteiger partial charge in [-0.25, -0.2) is 5.10 Å². The van der Waals surface area contributed by atoms with Gasteiger partial charge in [0.1, 0.15) is 12.4 Å². The highest BCUT2D eigenvalue weighted by Gasteiger charge is 2.12. The molecule has 26 heavy (non-hydrogen) atoms. The molecule has 130 valence electrons. The summed E-state index contributed by atoms with van der Waals surface area (Å²) < 4.78 is 7.31. The fraction of sp³-hybridized carbons (Fsp3) is 0.0556. The van der Waals surface area contributed by atoms with Crippen molar-refractivity contribution in [3.63, 3.8) is 0 Å². The molecule has 0 fully saturated rings. The second kappa shape index (κ2) is 8.19. The first kappa shape index (κ1) is 18.2. The molecule has 0 spiro atoms. The molecule has 0 saturated carbocycles. The Morgan fingerprint density at radius 3 is 2.88 bits per heavy atom. The Balaban J connectivity index is 2.00. The van der Waals surface area contributed by atoms with E-state index in [0.29, 0.717) is 32.0 Å². The molecular weight excluding hydrogens is 391 g/mol. The van der Waals surface area contributed by atoms with Crippen LogP contribution in [0.1, 0.15) is 5.56 Å². The van der Waals surface area contributed by atoms with Gasteiger partial charge >= 0.3 is 0 Å². The smallest absolute Gasteiger partial charge is 0.216 e. The summed E-state index contributed by atoms with van der Waals surface area (Å²) in [5, 5.41) is 12.3. The maximum Gasteiger partial charge on any atom is 0.216 e. The summed E-state index contributed by atoms with van der Waals surface area (Å²) in [6.45, 7) is 0.168. The quantitative estimate of drug-likeness (QED) is 0.378. The molecule has 0 aliphatic rings. The maximum atomic E-state index is 6.27. The molecule has 1 heterocycles. The molecular formula is C18H12Cl2N4OS. The third kappa shape index (κ3) is 3.97. The van der Waals surface area contributed by atoms with Gasteiger partial charge in [-0.1, -0.05) is 41.3 Å². The Bertz CT molecular complexity index is 1070. The average Bonchev–Trinajstić information content (AvgIpc) is 2.99. The Hall–Kier alpha value is -2.59. The van der Waals surface area contributed by atoms with Gasteiger partial charge in [0.2, 0.25) is 4.77 Å². The van der Waals surface area contributed by atoms with E-state index in [0.717, 1.165) is 5.56 Å². The molecule has 1 N–H and O–H groups in total. The number of halogens is 2. The lowest BCUT2D eigenvalue weighted by Crippen LogP contribution is -1.99. The van der Waals surface area contributed by atoms with Crippen LogP contribution in [0.4, 0.5) is 0 Å². The molecule has 0 aliphatic heterocycles. The van der Waals surface area contributed by atoms with Crippen molar-refractivity contribution in [2.75, 3.05) is 6.61 Å². The number of ether oxygens (including phenoxy) is 1. The van der Waals surface area contributed by atoms with Crippen LogP contribution in [-0.2, 0) is 0 Å². The number of hydrogen-bond donors (Lipinski definition) is 1. The summed E-state index contributed by atoms with van der Waals surface area (Å²) in [7, 11) is 0. The normalized spacial score (nSPS) is 10.8. The summed E-state index contributed by atoms with van der Waals surface area (Å²) in [6.07, 6.45) is 6.86. The first-order valence-electron chi connectivity index (χ1n) is 7.42. The molecule has 5 nitrogen and oxygen atoms in total. The summed E-state index contributed by atoms with van der Waals surface area (Å²) in [4.78, 5) is 0. The van der Waals surface area contributed by atoms with Gasteiger partial charge in [-0.2, -0.15) is 14.9 Å². The highest BCUT2D eigenvalue weighted by atomic mass is 35.5. The van der Waals surface area contributed by atoms with Gasteiger partial charge in [0, 0.05) is 16.1 Å². The van der Waals surface area contributed by atoms with E-state index in [1.165, 1.54) is 4.68 Å². The molecule has 0 aliphatic carbocycles. The molecule has 0 amide bonds. The summed E-state index contributed by atoms with van der Waals surface area (Å²) in [6, 6.07) is 12.5. The van der Waals surface area contributed by atoms with E-state index in [4.69, 9.17) is 46.6 Å². The van der Waals surface area contributed by atoms with Gasteiger partial charge < -0.3 is 4.74 Å². The van der Waals surface area contributed by atoms with Crippen LogP contribution in [0.5, 0.6) is 5.75 Å². The largest absolute Gasteiger partial charge is 0.480 e. The van der Waals surface area contributed by atoms with Crippen LogP contribution >= 0.6 is 35.4 Å². The van der Waals surface area contributed by atoms with Gasteiger partial charge in [0.25, 0.3) is 0 Å². The Labute approximate surface area is 165 Å². The first-order valence-corrected chi connectivity index (χ1v) is 8.59. The zero-order valence-electron chi connectivity index (χ0n) is 13.3. The number of aromatic nitrogens is 3. The van der Waals surface area contributed by atoms with Crippen LogP contribution in [0.15, 0.2) is 47.6 Å².